The molecule has 1 aromatic carbocycles. The molecule has 0 amide bonds. The third kappa shape index (κ3) is 2.92. The second-order valence-corrected chi connectivity index (χ2v) is 6.73. The van der Waals surface area contributed by atoms with Crippen molar-refractivity contribution < 1.29 is 13.9 Å². The number of fused-ring (bicyclic) bond motifs is 1. The summed E-state index contributed by atoms with van der Waals surface area (Å²) in [7, 11) is 0. The predicted octanol–water partition coefficient (Wildman–Crippen LogP) is 4.14. The molecule has 22 heavy (non-hydrogen) atoms. The number of hydrogen-bond donors (Lipinski definition) is 0. The number of benzene rings is 1. The molecule has 0 N–H and O–H groups in total. The SMILES string of the molecule is c1cc2c(cc1-c1nnc(SCC3CCCCC3)o1)OCO2. The number of thioether (sulfide) groups is 1. The molecular weight excluding hydrogens is 300 g/mol. The lowest BCUT2D eigenvalue weighted by Gasteiger charge is -2.19. The Balaban J connectivity index is 1.42. The van der Waals surface area contributed by atoms with E-state index in [0.717, 1.165) is 28.7 Å². The molecule has 2 aromatic rings. The zero-order valence-corrected chi connectivity index (χ0v) is 13.1. The molecule has 2 aliphatic rings. The highest BCUT2D eigenvalue weighted by atomic mass is 32.2. The smallest absolute Gasteiger partial charge is 0.276 e. The minimum absolute atomic E-state index is 0.269. The normalized spacial score (nSPS) is 17.8. The quantitative estimate of drug-likeness (QED) is 0.790. The summed E-state index contributed by atoms with van der Waals surface area (Å²) in [5.41, 5.74) is 0.862. The van der Waals surface area contributed by atoms with Crippen molar-refractivity contribution in [3.63, 3.8) is 0 Å². The van der Waals surface area contributed by atoms with Crippen molar-refractivity contribution in [2.75, 3.05) is 12.5 Å². The van der Waals surface area contributed by atoms with Crippen molar-refractivity contribution in [1.29, 1.82) is 0 Å². The number of hydrogen-bond acceptors (Lipinski definition) is 6. The summed E-state index contributed by atoms with van der Waals surface area (Å²) in [6, 6.07) is 5.67. The Morgan fingerprint density at radius 3 is 2.82 bits per heavy atom. The second kappa shape index (κ2) is 6.20. The number of nitrogens with zero attached hydrogens (tertiary/aromatic N) is 2. The minimum atomic E-state index is 0.269. The Kier molecular flexibility index (Phi) is 3.93. The first-order valence-electron chi connectivity index (χ1n) is 7.75. The van der Waals surface area contributed by atoms with Gasteiger partial charge in [0, 0.05) is 11.3 Å². The largest absolute Gasteiger partial charge is 0.454 e. The molecule has 4 rings (SSSR count). The molecular formula is C16H18N2O3S. The highest BCUT2D eigenvalue weighted by molar-refractivity contribution is 7.99. The van der Waals surface area contributed by atoms with E-state index in [1.54, 1.807) is 11.8 Å². The molecule has 5 nitrogen and oxygen atoms in total. The van der Waals surface area contributed by atoms with Gasteiger partial charge in [-0.15, -0.1) is 10.2 Å². The molecule has 0 unspecified atom stereocenters. The zero-order valence-electron chi connectivity index (χ0n) is 12.3. The molecule has 0 saturated heterocycles. The van der Waals surface area contributed by atoms with Crippen LogP contribution in [0, 0.1) is 5.92 Å². The average Bonchev–Trinajstić information content (AvgIpc) is 3.22. The van der Waals surface area contributed by atoms with Gasteiger partial charge in [-0.05, 0) is 37.0 Å². The highest BCUT2D eigenvalue weighted by Crippen LogP contribution is 2.36. The number of ether oxygens (including phenoxy) is 2. The molecule has 0 bridgehead atoms. The summed E-state index contributed by atoms with van der Waals surface area (Å²) in [4.78, 5) is 0. The van der Waals surface area contributed by atoms with Crippen LogP contribution in [0.1, 0.15) is 32.1 Å². The second-order valence-electron chi connectivity index (χ2n) is 5.76. The molecule has 1 aromatic heterocycles. The van der Waals surface area contributed by atoms with E-state index >= 15 is 0 Å². The maximum atomic E-state index is 5.76. The molecule has 1 fully saturated rings. The predicted molar refractivity (Wildman–Crippen MR) is 83.2 cm³/mol. The van der Waals surface area contributed by atoms with E-state index in [1.165, 1.54) is 32.1 Å². The van der Waals surface area contributed by atoms with Crippen LogP contribution >= 0.6 is 11.8 Å². The number of rotatable bonds is 4. The fourth-order valence-electron chi connectivity index (χ4n) is 2.96. The fraction of sp³-hybridized carbons (Fsp3) is 0.500. The molecule has 1 aliphatic carbocycles. The summed E-state index contributed by atoms with van der Waals surface area (Å²) in [6.07, 6.45) is 6.76. The average molecular weight is 318 g/mol. The third-order valence-electron chi connectivity index (χ3n) is 4.19. The van der Waals surface area contributed by atoms with Gasteiger partial charge < -0.3 is 13.9 Å². The monoisotopic (exact) mass is 318 g/mol. The van der Waals surface area contributed by atoms with Crippen LogP contribution in [0.15, 0.2) is 27.8 Å². The van der Waals surface area contributed by atoms with Crippen molar-refractivity contribution in [1.82, 2.24) is 10.2 Å². The lowest BCUT2D eigenvalue weighted by Crippen LogP contribution is -2.08. The van der Waals surface area contributed by atoms with E-state index < -0.39 is 0 Å². The lowest BCUT2D eigenvalue weighted by atomic mass is 9.91. The van der Waals surface area contributed by atoms with E-state index in [2.05, 4.69) is 10.2 Å². The molecule has 0 atom stereocenters. The van der Waals surface area contributed by atoms with E-state index in [-0.39, 0.29) is 6.79 Å². The van der Waals surface area contributed by atoms with Gasteiger partial charge in [0.1, 0.15) is 0 Å². The van der Waals surface area contributed by atoms with Crippen LogP contribution in [0.4, 0.5) is 0 Å². The van der Waals surface area contributed by atoms with Gasteiger partial charge in [0.05, 0.1) is 0 Å². The first-order valence-corrected chi connectivity index (χ1v) is 8.73. The van der Waals surface area contributed by atoms with E-state index in [4.69, 9.17) is 13.9 Å². The highest BCUT2D eigenvalue weighted by Gasteiger charge is 2.18. The molecule has 1 saturated carbocycles. The molecule has 116 valence electrons. The van der Waals surface area contributed by atoms with E-state index in [1.807, 2.05) is 18.2 Å². The van der Waals surface area contributed by atoms with Crippen LogP contribution in [0.25, 0.3) is 11.5 Å². The Labute approximate surface area is 133 Å². The zero-order chi connectivity index (χ0) is 14.8. The molecule has 1 aliphatic heterocycles. The van der Waals surface area contributed by atoms with Crippen LogP contribution in [-0.4, -0.2) is 22.7 Å². The van der Waals surface area contributed by atoms with Crippen molar-refractivity contribution in [3.05, 3.63) is 18.2 Å². The third-order valence-corrected chi connectivity index (χ3v) is 5.24. The maximum absolute atomic E-state index is 5.76. The minimum Gasteiger partial charge on any atom is -0.454 e. The van der Waals surface area contributed by atoms with E-state index in [9.17, 15) is 0 Å². The lowest BCUT2D eigenvalue weighted by molar-refractivity contribution is 0.174. The summed E-state index contributed by atoms with van der Waals surface area (Å²) < 4.78 is 16.4. The molecule has 2 heterocycles. The van der Waals surface area contributed by atoms with Crippen LogP contribution in [0.5, 0.6) is 11.5 Å². The van der Waals surface area contributed by atoms with Gasteiger partial charge in [-0.25, -0.2) is 0 Å². The Bertz CT molecular complexity index is 653. The number of aromatic nitrogens is 2. The summed E-state index contributed by atoms with van der Waals surface area (Å²) in [6.45, 7) is 0.269. The van der Waals surface area contributed by atoms with Crippen LogP contribution in [-0.2, 0) is 0 Å². The topological polar surface area (TPSA) is 57.4 Å². The maximum Gasteiger partial charge on any atom is 0.276 e. The van der Waals surface area contributed by atoms with Gasteiger partial charge in [-0.3, -0.25) is 0 Å². The van der Waals surface area contributed by atoms with Crippen molar-refractivity contribution in [2.45, 2.75) is 37.3 Å². The van der Waals surface area contributed by atoms with Crippen molar-refractivity contribution in [2.24, 2.45) is 5.92 Å². The Morgan fingerprint density at radius 2 is 1.91 bits per heavy atom. The molecule has 0 radical (unpaired) electrons. The summed E-state index contributed by atoms with van der Waals surface area (Å²) in [5.74, 6) is 3.88. The van der Waals surface area contributed by atoms with Gasteiger partial charge in [0.2, 0.25) is 12.7 Å². The van der Waals surface area contributed by atoms with Crippen LogP contribution < -0.4 is 9.47 Å². The first-order chi connectivity index (χ1) is 10.9. The fourth-order valence-corrected chi connectivity index (χ4v) is 3.91. The van der Waals surface area contributed by atoms with Gasteiger partial charge >= 0.3 is 0 Å². The first kappa shape index (κ1) is 13.9. The van der Waals surface area contributed by atoms with Crippen LogP contribution in [0.3, 0.4) is 0 Å². The summed E-state index contributed by atoms with van der Waals surface area (Å²) in [5, 5.41) is 8.94. The van der Waals surface area contributed by atoms with E-state index in [0.29, 0.717) is 11.1 Å². The van der Waals surface area contributed by atoms with Gasteiger partial charge in [0.25, 0.3) is 5.22 Å². The Hall–Kier alpha value is -1.69. The van der Waals surface area contributed by atoms with Crippen LogP contribution in [0.2, 0.25) is 0 Å². The Morgan fingerprint density at radius 1 is 1.05 bits per heavy atom. The van der Waals surface area contributed by atoms with Gasteiger partial charge in [-0.1, -0.05) is 31.0 Å². The van der Waals surface area contributed by atoms with Gasteiger partial charge in [0.15, 0.2) is 11.5 Å². The van der Waals surface area contributed by atoms with Crippen molar-refractivity contribution in [3.8, 4) is 23.0 Å². The molecule has 6 heteroatoms. The summed E-state index contributed by atoms with van der Waals surface area (Å²) >= 11 is 1.67. The molecule has 0 spiro atoms. The van der Waals surface area contributed by atoms with Gasteiger partial charge in [-0.2, -0.15) is 0 Å². The van der Waals surface area contributed by atoms with Crippen molar-refractivity contribution >= 4 is 11.8 Å². The standard InChI is InChI=1S/C16H18N2O3S/c1-2-4-11(5-3-1)9-22-16-18-17-15(21-16)12-6-7-13-14(8-12)20-10-19-13/h6-8,11H,1-5,9-10H2.